The molecule has 0 spiro atoms. The van der Waals surface area contributed by atoms with E-state index in [-0.39, 0.29) is 0 Å². The second-order valence-electron chi connectivity index (χ2n) is 4.49. The molecule has 72 valence electrons. The summed E-state index contributed by atoms with van der Waals surface area (Å²) in [5.74, 6) is 0.630. The monoisotopic (exact) mass is 169 g/mol. The van der Waals surface area contributed by atoms with Gasteiger partial charge in [-0.15, -0.1) is 0 Å². The molecule has 0 aliphatic heterocycles. The van der Waals surface area contributed by atoms with E-state index in [1.807, 2.05) is 7.05 Å². The van der Waals surface area contributed by atoms with Crippen LogP contribution in [0.4, 0.5) is 0 Å². The molecule has 1 nitrogen and oxygen atoms in total. The predicted molar refractivity (Wildman–Crippen MR) is 56.9 cm³/mol. The molecule has 0 bridgehead atoms. The molecule has 0 aliphatic carbocycles. The van der Waals surface area contributed by atoms with E-state index >= 15 is 0 Å². The highest BCUT2D eigenvalue weighted by atomic mass is 14.7. The van der Waals surface area contributed by atoms with Gasteiger partial charge in [0.05, 0.1) is 0 Å². The van der Waals surface area contributed by atoms with Gasteiger partial charge in [0.25, 0.3) is 0 Å². The lowest BCUT2D eigenvalue weighted by molar-refractivity contribution is 0.296. The third kappa shape index (κ3) is 3.89. The van der Waals surface area contributed by atoms with Gasteiger partial charge in [-0.1, -0.05) is 34.1 Å². The Morgan fingerprint density at radius 3 is 2.25 bits per heavy atom. The fourth-order valence-corrected chi connectivity index (χ4v) is 1.34. The predicted octanol–water partition coefficient (Wildman–Crippen LogP) is 3.54. The second kappa shape index (κ2) is 4.64. The quantitative estimate of drug-likeness (QED) is 0.571. The van der Waals surface area contributed by atoms with Crippen LogP contribution >= 0.6 is 0 Å². The first-order valence-electron chi connectivity index (χ1n) is 4.86. The van der Waals surface area contributed by atoms with Crippen molar-refractivity contribution in [1.29, 1.82) is 0 Å². The van der Waals surface area contributed by atoms with Crippen LogP contribution in [-0.2, 0) is 0 Å². The van der Waals surface area contributed by atoms with E-state index in [1.165, 1.54) is 18.6 Å². The summed E-state index contributed by atoms with van der Waals surface area (Å²) in [6.45, 7) is 11.3. The summed E-state index contributed by atoms with van der Waals surface area (Å²) in [4.78, 5) is 4.22. The molecule has 0 heterocycles. The Balaban J connectivity index is 4.09. The maximum absolute atomic E-state index is 4.22. The van der Waals surface area contributed by atoms with Gasteiger partial charge in [0, 0.05) is 12.8 Å². The average Bonchev–Trinajstić information content (AvgIpc) is 2.02. The highest BCUT2D eigenvalue weighted by molar-refractivity contribution is 5.83. The summed E-state index contributed by atoms with van der Waals surface area (Å²) >= 11 is 0. The zero-order valence-electron chi connectivity index (χ0n) is 9.44. The molecule has 0 aromatic carbocycles. The van der Waals surface area contributed by atoms with Gasteiger partial charge in [0.15, 0.2) is 0 Å². The number of hydrogen-bond donors (Lipinski definition) is 0. The minimum atomic E-state index is 0.464. The zero-order chi connectivity index (χ0) is 9.78. The van der Waals surface area contributed by atoms with Crippen LogP contribution in [-0.4, -0.2) is 12.8 Å². The van der Waals surface area contributed by atoms with Gasteiger partial charge < -0.3 is 0 Å². The first-order valence-corrected chi connectivity index (χ1v) is 4.86. The van der Waals surface area contributed by atoms with Gasteiger partial charge in [0.1, 0.15) is 0 Å². The van der Waals surface area contributed by atoms with Crippen LogP contribution in [0.5, 0.6) is 0 Å². The molecule has 0 amide bonds. The first-order chi connectivity index (χ1) is 5.43. The number of nitrogens with zero attached hydrogens (tertiary/aromatic N) is 1. The van der Waals surface area contributed by atoms with E-state index in [4.69, 9.17) is 0 Å². The summed E-state index contributed by atoms with van der Waals surface area (Å²) < 4.78 is 0. The van der Waals surface area contributed by atoms with Crippen LogP contribution in [0.15, 0.2) is 4.99 Å². The maximum Gasteiger partial charge on any atom is 0.0276 e. The third-order valence-electron chi connectivity index (χ3n) is 2.88. The van der Waals surface area contributed by atoms with Crippen molar-refractivity contribution in [2.24, 2.45) is 16.3 Å². The van der Waals surface area contributed by atoms with Crippen LogP contribution in [0.1, 0.15) is 47.5 Å². The number of hydrogen-bond acceptors (Lipinski definition) is 1. The van der Waals surface area contributed by atoms with Gasteiger partial charge in [-0.3, -0.25) is 4.99 Å². The number of aliphatic imine (C=N–C) groups is 1. The lowest BCUT2D eigenvalue weighted by Gasteiger charge is -2.26. The summed E-state index contributed by atoms with van der Waals surface area (Å²) in [7, 11) is 1.88. The molecule has 0 aromatic heterocycles. The minimum Gasteiger partial charge on any atom is -0.297 e. The van der Waals surface area contributed by atoms with Gasteiger partial charge >= 0.3 is 0 Å². The summed E-state index contributed by atoms with van der Waals surface area (Å²) in [6, 6.07) is 0. The van der Waals surface area contributed by atoms with Crippen molar-refractivity contribution in [2.45, 2.75) is 47.5 Å². The maximum atomic E-state index is 4.22. The Labute approximate surface area is 77.3 Å². The third-order valence-corrected chi connectivity index (χ3v) is 2.88. The molecular formula is C11H23N. The van der Waals surface area contributed by atoms with Crippen molar-refractivity contribution in [3.63, 3.8) is 0 Å². The van der Waals surface area contributed by atoms with E-state index in [0.29, 0.717) is 11.3 Å². The lowest BCUT2D eigenvalue weighted by atomic mass is 9.80. The van der Waals surface area contributed by atoms with Crippen molar-refractivity contribution in [2.75, 3.05) is 7.05 Å². The first kappa shape index (κ1) is 11.7. The molecule has 0 aromatic rings. The van der Waals surface area contributed by atoms with E-state index in [2.05, 4.69) is 39.6 Å². The van der Waals surface area contributed by atoms with Crippen molar-refractivity contribution < 1.29 is 0 Å². The zero-order valence-corrected chi connectivity index (χ0v) is 9.44. The van der Waals surface area contributed by atoms with Crippen molar-refractivity contribution in [3.8, 4) is 0 Å². The average molecular weight is 169 g/mol. The topological polar surface area (TPSA) is 12.4 Å². The van der Waals surface area contributed by atoms with Crippen LogP contribution in [0.25, 0.3) is 0 Å². The largest absolute Gasteiger partial charge is 0.297 e. The van der Waals surface area contributed by atoms with Crippen molar-refractivity contribution in [3.05, 3.63) is 0 Å². The molecule has 1 unspecified atom stereocenters. The highest BCUT2D eigenvalue weighted by Crippen LogP contribution is 2.29. The minimum absolute atomic E-state index is 0.464. The Bertz CT molecular complexity index is 156. The summed E-state index contributed by atoms with van der Waals surface area (Å²) in [6.07, 6.45) is 2.49. The molecule has 0 fully saturated rings. The molecule has 0 saturated heterocycles. The van der Waals surface area contributed by atoms with E-state index in [0.717, 1.165) is 0 Å². The fraction of sp³-hybridized carbons (Fsp3) is 0.909. The lowest BCUT2D eigenvalue weighted by Crippen LogP contribution is -2.18. The van der Waals surface area contributed by atoms with Crippen LogP contribution in [0, 0.1) is 11.3 Å². The second-order valence-corrected chi connectivity index (χ2v) is 4.49. The Hall–Kier alpha value is -0.330. The van der Waals surface area contributed by atoms with Crippen molar-refractivity contribution >= 4 is 5.71 Å². The molecule has 12 heavy (non-hydrogen) atoms. The normalized spacial score (nSPS) is 16.3. The SMILES string of the molecule is CCC(C)(C)CC(C)C(C)=NC. The molecule has 0 rings (SSSR count). The number of rotatable bonds is 4. The van der Waals surface area contributed by atoms with Crippen molar-refractivity contribution in [1.82, 2.24) is 0 Å². The molecule has 0 aliphatic rings. The van der Waals surface area contributed by atoms with Gasteiger partial charge in [-0.25, -0.2) is 0 Å². The Kier molecular flexibility index (Phi) is 4.51. The van der Waals surface area contributed by atoms with E-state index < -0.39 is 0 Å². The van der Waals surface area contributed by atoms with Crippen LogP contribution < -0.4 is 0 Å². The van der Waals surface area contributed by atoms with Crippen LogP contribution in [0.2, 0.25) is 0 Å². The Morgan fingerprint density at radius 1 is 1.42 bits per heavy atom. The molecule has 1 heteroatoms. The smallest absolute Gasteiger partial charge is 0.0276 e. The molecule has 0 N–H and O–H groups in total. The Morgan fingerprint density at radius 2 is 1.92 bits per heavy atom. The standard InChI is InChI=1S/C11H23N/c1-7-11(4,5)8-9(2)10(3)12-6/h9H,7-8H2,1-6H3. The van der Waals surface area contributed by atoms with Crippen LogP contribution in [0.3, 0.4) is 0 Å². The molecule has 0 saturated carbocycles. The van der Waals surface area contributed by atoms with Gasteiger partial charge in [-0.2, -0.15) is 0 Å². The molecule has 0 radical (unpaired) electrons. The summed E-state index contributed by atoms with van der Waals surface area (Å²) in [5, 5.41) is 0. The van der Waals surface area contributed by atoms with Gasteiger partial charge in [-0.05, 0) is 24.7 Å². The molecular weight excluding hydrogens is 146 g/mol. The van der Waals surface area contributed by atoms with E-state index in [1.54, 1.807) is 0 Å². The summed E-state index contributed by atoms with van der Waals surface area (Å²) in [5.41, 5.74) is 1.74. The van der Waals surface area contributed by atoms with Gasteiger partial charge in [0.2, 0.25) is 0 Å². The van der Waals surface area contributed by atoms with E-state index in [9.17, 15) is 0 Å². The highest BCUT2D eigenvalue weighted by Gasteiger charge is 2.19. The molecule has 1 atom stereocenters. The fourth-order valence-electron chi connectivity index (χ4n) is 1.34.